The summed E-state index contributed by atoms with van der Waals surface area (Å²) >= 11 is 2.43. The molecule has 0 N–H and O–H groups in total. The molecule has 0 aliphatic carbocycles. The topological polar surface area (TPSA) is 46.2 Å². The molecule has 0 radical (unpaired) electrons. The Bertz CT molecular complexity index is 243. The summed E-state index contributed by atoms with van der Waals surface area (Å²) in [6.07, 6.45) is 12.9. The average Bonchev–Trinajstić information content (AvgIpc) is 2.71. The van der Waals surface area contributed by atoms with Crippen LogP contribution in [0.1, 0.15) is 71.1 Å². The van der Waals surface area contributed by atoms with Crippen LogP contribution in [0, 0.1) is 0 Å². The third-order valence-corrected chi connectivity index (χ3v) is 5.07. The van der Waals surface area contributed by atoms with Crippen LogP contribution in [0.2, 0.25) is 0 Å². The number of halogens is 1. The van der Waals surface area contributed by atoms with Crippen molar-refractivity contribution in [3.63, 3.8) is 0 Å². The summed E-state index contributed by atoms with van der Waals surface area (Å²) < 4.78 is 28.8. The lowest BCUT2D eigenvalue weighted by Gasteiger charge is -2.08. The van der Waals surface area contributed by atoms with Crippen LogP contribution in [0.4, 0.5) is 0 Å². The Balaban J connectivity index is 2.96. The molecule has 6 heteroatoms. The van der Waals surface area contributed by atoms with Gasteiger partial charge in [-0.15, -0.1) is 0 Å². The van der Waals surface area contributed by atoms with Gasteiger partial charge < -0.3 is 23.7 Å². The maximum atomic E-state index is 5.57. The fraction of sp³-hybridized carbons (Fsp3) is 1.00. The Morgan fingerprint density at radius 1 is 0.393 bits per heavy atom. The lowest BCUT2D eigenvalue weighted by Crippen LogP contribution is -2.13. The summed E-state index contributed by atoms with van der Waals surface area (Å²) in [5.74, 6) is 0. The van der Waals surface area contributed by atoms with E-state index in [1.54, 1.807) is 0 Å². The second kappa shape index (κ2) is 27.5. The molecule has 0 amide bonds. The minimum Gasteiger partial charge on any atom is -0.379 e. The highest BCUT2D eigenvalue weighted by Gasteiger charge is 1.95. The van der Waals surface area contributed by atoms with Crippen molar-refractivity contribution in [3.05, 3.63) is 0 Å². The van der Waals surface area contributed by atoms with Crippen molar-refractivity contribution in [2.24, 2.45) is 0 Å². The zero-order valence-corrected chi connectivity index (χ0v) is 20.4. The average molecular weight is 517 g/mol. The summed E-state index contributed by atoms with van der Waals surface area (Å²) in [4.78, 5) is 0. The van der Waals surface area contributed by atoms with Gasteiger partial charge in [0.05, 0.1) is 52.9 Å². The summed E-state index contributed by atoms with van der Waals surface area (Å²) in [5, 5.41) is 0. The standard InChI is InChI=1S/C22H45IO5/c1-2-3-4-5-7-10-13-24-15-17-26-19-21-28-22-20-27-18-16-25-14-11-8-6-9-12-23/h2-22H2,1H3. The van der Waals surface area contributed by atoms with Gasteiger partial charge in [0, 0.05) is 13.2 Å². The van der Waals surface area contributed by atoms with E-state index in [1.807, 2.05) is 0 Å². The molecule has 5 nitrogen and oxygen atoms in total. The molecule has 0 heterocycles. The first-order valence-electron chi connectivity index (χ1n) is 11.4. The van der Waals surface area contributed by atoms with Crippen molar-refractivity contribution >= 4 is 22.6 Å². The van der Waals surface area contributed by atoms with Crippen LogP contribution in [0.3, 0.4) is 0 Å². The molecule has 0 aromatic heterocycles. The van der Waals surface area contributed by atoms with E-state index in [9.17, 15) is 0 Å². The van der Waals surface area contributed by atoms with E-state index in [4.69, 9.17) is 23.7 Å². The molecule has 0 rings (SSSR count). The van der Waals surface area contributed by atoms with Crippen molar-refractivity contribution in [1.29, 1.82) is 0 Å². The van der Waals surface area contributed by atoms with Gasteiger partial charge in [0.2, 0.25) is 0 Å². The largest absolute Gasteiger partial charge is 0.379 e. The number of ether oxygens (including phenoxy) is 5. The molecule has 0 saturated heterocycles. The SMILES string of the molecule is CCCCCCCCOCCOCCOCCOCCOCCCCCCI. The predicted octanol–water partition coefficient (Wildman–Crippen LogP) is 5.43. The molecule has 28 heavy (non-hydrogen) atoms. The molecule has 0 atom stereocenters. The van der Waals surface area contributed by atoms with Gasteiger partial charge in [-0.1, -0.05) is 74.5 Å². The lowest BCUT2D eigenvalue weighted by molar-refractivity contribution is -0.0114. The number of unbranched alkanes of at least 4 members (excludes halogenated alkanes) is 8. The summed E-state index contributed by atoms with van der Waals surface area (Å²) in [6.45, 7) is 9.02. The maximum absolute atomic E-state index is 5.57. The summed E-state index contributed by atoms with van der Waals surface area (Å²) in [5.41, 5.74) is 0. The van der Waals surface area contributed by atoms with Crippen molar-refractivity contribution < 1.29 is 23.7 Å². The minimum absolute atomic E-state index is 0.605. The summed E-state index contributed by atoms with van der Waals surface area (Å²) in [6, 6.07) is 0. The first-order valence-corrected chi connectivity index (χ1v) is 12.9. The van der Waals surface area contributed by atoms with Gasteiger partial charge in [0.25, 0.3) is 0 Å². The van der Waals surface area contributed by atoms with Crippen LogP contribution in [0.5, 0.6) is 0 Å². The number of rotatable bonds is 25. The first kappa shape index (κ1) is 28.5. The Hall–Kier alpha value is 0.530. The van der Waals surface area contributed by atoms with E-state index in [-0.39, 0.29) is 0 Å². The Morgan fingerprint density at radius 2 is 0.714 bits per heavy atom. The smallest absolute Gasteiger partial charge is 0.0701 e. The van der Waals surface area contributed by atoms with E-state index in [2.05, 4.69) is 29.5 Å². The van der Waals surface area contributed by atoms with Crippen LogP contribution < -0.4 is 0 Å². The monoisotopic (exact) mass is 516 g/mol. The molecule has 0 saturated carbocycles. The molecule has 0 spiro atoms. The molecule has 0 bridgehead atoms. The third kappa shape index (κ3) is 26.5. The number of hydrogen-bond donors (Lipinski definition) is 0. The van der Waals surface area contributed by atoms with Gasteiger partial charge in [0.1, 0.15) is 0 Å². The van der Waals surface area contributed by atoms with Gasteiger partial charge >= 0.3 is 0 Å². The van der Waals surface area contributed by atoms with E-state index in [0.717, 1.165) is 26.1 Å². The molecule has 0 aromatic rings. The van der Waals surface area contributed by atoms with Crippen molar-refractivity contribution in [1.82, 2.24) is 0 Å². The highest BCUT2D eigenvalue weighted by Crippen LogP contribution is 2.04. The third-order valence-electron chi connectivity index (χ3n) is 4.30. The van der Waals surface area contributed by atoms with Crippen molar-refractivity contribution in [3.8, 4) is 0 Å². The lowest BCUT2D eigenvalue weighted by atomic mass is 10.1. The van der Waals surface area contributed by atoms with Crippen molar-refractivity contribution in [2.75, 3.05) is 70.5 Å². The highest BCUT2D eigenvalue weighted by molar-refractivity contribution is 14.1. The minimum atomic E-state index is 0.605. The number of hydrogen-bond acceptors (Lipinski definition) is 5. The van der Waals surface area contributed by atoms with Crippen LogP contribution in [0.15, 0.2) is 0 Å². The van der Waals surface area contributed by atoms with Gasteiger partial charge in [-0.05, 0) is 23.7 Å². The van der Waals surface area contributed by atoms with Gasteiger partial charge in [-0.3, -0.25) is 0 Å². The normalized spacial score (nSPS) is 11.4. The molecule has 170 valence electrons. The second-order valence-corrected chi connectivity index (χ2v) is 8.01. The molecule has 0 fully saturated rings. The van der Waals surface area contributed by atoms with Crippen LogP contribution >= 0.6 is 22.6 Å². The van der Waals surface area contributed by atoms with Crippen LogP contribution in [-0.2, 0) is 23.7 Å². The molecule has 0 aliphatic rings. The Morgan fingerprint density at radius 3 is 1.11 bits per heavy atom. The molecular formula is C22H45IO5. The number of alkyl halides is 1. The predicted molar refractivity (Wildman–Crippen MR) is 125 cm³/mol. The van der Waals surface area contributed by atoms with Crippen LogP contribution in [0.25, 0.3) is 0 Å². The van der Waals surface area contributed by atoms with Crippen molar-refractivity contribution in [2.45, 2.75) is 71.1 Å². The Kier molecular flexibility index (Phi) is 28.1. The second-order valence-electron chi connectivity index (χ2n) is 6.93. The van der Waals surface area contributed by atoms with Crippen LogP contribution in [-0.4, -0.2) is 70.5 Å². The molecule has 0 unspecified atom stereocenters. The van der Waals surface area contributed by atoms with E-state index < -0.39 is 0 Å². The van der Waals surface area contributed by atoms with Gasteiger partial charge in [-0.25, -0.2) is 0 Å². The summed E-state index contributed by atoms with van der Waals surface area (Å²) in [7, 11) is 0. The first-order chi connectivity index (χ1) is 13.9. The fourth-order valence-corrected chi connectivity index (χ4v) is 3.16. The molecule has 0 aliphatic heterocycles. The molecule has 0 aromatic carbocycles. The van der Waals surface area contributed by atoms with E-state index in [1.165, 1.54) is 55.8 Å². The van der Waals surface area contributed by atoms with Gasteiger partial charge in [-0.2, -0.15) is 0 Å². The van der Waals surface area contributed by atoms with Gasteiger partial charge in [0.15, 0.2) is 0 Å². The fourth-order valence-electron chi connectivity index (χ4n) is 2.62. The maximum Gasteiger partial charge on any atom is 0.0701 e. The quantitative estimate of drug-likeness (QED) is 0.0921. The zero-order valence-electron chi connectivity index (χ0n) is 18.3. The molecular weight excluding hydrogens is 471 g/mol. The van der Waals surface area contributed by atoms with E-state index >= 15 is 0 Å². The van der Waals surface area contributed by atoms with E-state index in [0.29, 0.717) is 52.9 Å². The Labute approximate surface area is 187 Å². The highest BCUT2D eigenvalue weighted by atomic mass is 127. The zero-order chi connectivity index (χ0) is 20.4.